The molecule has 1 fully saturated rings. The zero-order valence-corrected chi connectivity index (χ0v) is 10.9. The normalized spacial score (nSPS) is 20.2. The summed E-state index contributed by atoms with van der Waals surface area (Å²) in [6, 6.07) is 4.90. The number of aliphatic hydroxyl groups excluding tert-OH is 1. The first kappa shape index (κ1) is 13.8. The van der Waals surface area contributed by atoms with Crippen molar-refractivity contribution in [2.24, 2.45) is 0 Å². The maximum Gasteiger partial charge on any atom is 0.310 e. The number of piperidine rings is 1. The van der Waals surface area contributed by atoms with E-state index in [0.717, 1.165) is 24.9 Å². The van der Waals surface area contributed by atoms with Crippen molar-refractivity contribution < 1.29 is 14.8 Å². The number of nitrogens with zero attached hydrogens (tertiary/aromatic N) is 2. The van der Waals surface area contributed by atoms with Crippen LogP contribution in [0.3, 0.4) is 0 Å². The Morgan fingerprint density at radius 1 is 1.58 bits per heavy atom. The van der Waals surface area contributed by atoms with E-state index in [0.29, 0.717) is 13.1 Å². The maximum absolute atomic E-state index is 10.8. The van der Waals surface area contributed by atoms with Crippen LogP contribution in [0.4, 0.5) is 5.69 Å². The van der Waals surface area contributed by atoms with Crippen LogP contribution in [0.5, 0.6) is 5.75 Å². The molecule has 1 N–H and O–H groups in total. The van der Waals surface area contributed by atoms with Gasteiger partial charge < -0.3 is 9.84 Å². The van der Waals surface area contributed by atoms with E-state index in [9.17, 15) is 15.2 Å². The molecular formula is C13H18N2O4. The highest BCUT2D eigenvalue weighted by Crippen LogP contribution is 2.28. The first-order valence-corrected chi connectivity index (χ1v) is 6.32. The second kappa shape index (κ2) is 5.99. The van der Waals surface area contributed by atoms with Gasteiger partial charge >= 0.3 is 5.69 Å². The minimum absolute atomic E-state index is 0.0232. The molecule has 1 aromatic carbocycles. The number of rotatable bonds is 4. The van der Waals surface area contributed by atoms with Gasteiger partial charge in [0.05, 0.1) is 18.1 Å². The Kier molecular flexibility index (Phi) is 4.34. The lowest BCUT2D eigenvalue weighted by Gasteiger charge is -2.29. The van der Waals surface area contributed by atoms with E-state index >= 15 is 0 Å². The van der Waals surface area contributed by atoms with Gasteiger partial charge in [-0.3, -0.25) is 15.0 Å². The Balaban J connectivity index is 2.10. The fraction of sp³-hybridized carbons (Fsp3) is 0.538. The summed E-state index contributed by atoms with van der Waals surface area (Å²) < 4.78 is 5.05. The molecule has 1 aliphatic rings. The maximum atomic E-state index is 10.8. The number of likely N-dealkylation sites (tertiary alicyclic amines) is 1. The van der Waals surface area contributed by atoms with Gasteiger partial charge in [-0.1, -0.05) is 6.07 Å². The molecule has 0 spiro atoms. The van der Waals surface area contributed by atoms with Crippen LogP contribution in [-0.2, 0) is 6.54 Å². The predicted octanol–water partition coefficient (Wildman–Crippen LogP) is 1.56. The van der Waals surface area contributed by atoms with Gasteiger partial charge in [-0.25, -0.2) is 0 Å². The molecular weight excluding hydrogens is 248 g/mol. The van der Waals surface area contributed by atoms with Gasteiger partial charge in [-0.15, -0.1) is 0 Å². The fourth-order valence-electron chi connectivity index (χ4n) is 2.40. The van der Waals surface area contributed by atoms with E-state index in [2.05, 4.69) is 4.90 Å². The van der Waals surface area contributed by atoms with Gasteiger partial charge in [0.2, 0.25) is 0 Å². The Morgan fingerprint density at radius 2 is 2.37 bits per heavy atom. The summed E-state index contributed by atoms with van der Waals surface area (Å²) in [6.07, 6.45) is 1.56. The standard InChI is InChI=1S/C13H18N2O4/c1-19-13-7-10(4-5-12(13)15(17)18)8-14-6-2-3-11(16)9-14/h4-5,7,11,16H,2-3,6,8-9H2,1H3. The third-order valence-electron chi connectivity index (χ3n) is 3.33. The average molecular weight is 266 g/mol. The number of hydrogen-bond donors (Lipinski definition) is 1. The van der Waals surface area contributed by atoms with Crippen molar-refractivity contribution >= 4 is 5.69 Å². The van der Waals surface area contributed by atoms with Crippen LogP contribution in [0.25, 0.3) is 0 Å². The van der Waals surface area contributed by atoms with E-state index in [4.69, 9.17) is 4.74 Å². The van der Waals surface area contributed by atoms with Crippen molar-refractivity contribution in [3.05, 3.63) is 33.9 Å². The van der Waals surface area contributed by atoms with Crippen molar-refractivity contribution in [3.63, 3.8) is 0 Å². The quantitative estimate of drug-likeness (QED) is 0.661. The molecule has 2 rings (SSSR count). The number of aliphatic hydroxyl groups is 1. The predicted molar refractivity (Wildman–Crippen MR) is 70.2 cm³/mol. The number of benzene rings is 1. The van der Waals surface area contributed by atoms with Crippen molar-refractivity contribution in [2.45, 2.75) is 25.5 Å². The van der Waals surface area contributed by atoms with Crippen LogP contribution < -0.4 is 4.74 Å². The highest BCUT2D eigenvalue weighted by molar-refractivity contribution is 5.48. The van der Waals surface area contributed by atoms with E-state index in [1.54, 1.807) is 12.1 Å². The van der Waals surface area contributed by atoms with Gasteiger partial charge in [0.15, 0.2) is 5.75 Å². The summed E-state index contributed by atoms with van der Waals surface area (Å²) in [6.45, 7) is 2.26. The smallest absolute Gasteiger partial charge is 0.310 e. The zero-order valence-electron chi connectivity index (χ0n) is 10.9. The minimum atomic E-state index is -0.451. The first-order valence-electron chi connectivity index (χ1n) is 6.32. The monoisotopic (exact) mass is 266 g/mol. The average Bonchev–Trinajstić information content (AvgIpc) is 2.38. The molecule has 1 aliphatic heterocycles. The molecule has 1 heterocycles. The molecule has 6 nitrogen and oxygen atoms in total. The number of hydrogen-bond acceptors (Lipinski definition) is 5. The number of nitro benzene ring substituents is 1. The van der Waals surface area contributed by atoms with Crippen LogP contribution in [-0.4, -0.2) is 41.2 Å². The van der Waals surface area contributed by atoms with E-state index in [-0.39, 0.29) is 17.5 Å². The Morgan fingerprint density at radius 3 is 3.00 bits per heavy atom. The van der Waals surface area contributed by atoms with Gasteiger partial charge in [0.1, 0.15) is 0 Å². The van der Waals surface area contributed by atoms with Crippen LogP contribution in [0.15, 0.2) is 18.2 Å². The molecule has 104 valence electrons. The highest BCUT2D eigenvalue weighted by atomic mass is 16.6. The molecule has 0 radical (unpaired) electrons. The fourth-order valence-corrected chi connectivity index (χ4v) is 2.40. The molecule has 19 heavy (non-hydrogen) atoms. The van der Waals surface area contributed by atoms with Crippen LogP contribution in [0.2, 0.25) is 0 Å². The van der Waals surface area contributed by atoms with Gasteiger partial charge in [0.25, 0.3) is 0 Å². The minimum Gasteiger partial charge on any atom is -0.490 e. The summed E-state index contributed by atoms with van der Waals surface area (Å²) in [7, 11) is 1.43. The Hall–Kier alpha value is -1.66. The summed E-state index contributed by atoms with van der Waals surface area (Å²) in [4.78, 5) is 12.5. The van der Waals surface area contributed by atoms with Crippen molar-refractivity contribution in [1.82, 2.24) is 4.90 Å². The van der Waals surface area contributed by atoms with E-state index in [1.807, 2.05) is 0 Å². The molecule has 0 saturated carbocycles. The molecule has 0 amide bonds. The molecule has 0 bridgehead atoms. The second-order valence-corrected chi connectivity index (χ2v) is 4.79. The zero-order chi connectivity index (χ0) is 13.8. The van der Waals surface area contributed by atoms with E-state index in [1.165, 1.54) is 13.2 Å². The Bertz CT molecular complexity index is 464. The first-order chi connectivity index (χ1) is 9.10. The lowest BCUT2D eigenvalue weighted by molar-refractivity contribution is -0.385. The molecule has 0 aliphatic carbocycles. The van der Waals surface area contributed by atoms with Gasteiger partial charge in [-0.2, -0.15) is 0 Å². The van der Waals surface area contributed by atoms with Gasteiger partial charge in [0, 0.05) is 19.2 Å². The summed E-state index contributed by atoms with van der Waals surface area (Å²) in [5.74, 6) is 0.278. The van der Waals surface area contributed by atoms with Crippen LogP contribution in [0, 0.1) is 10.1 Å². The molecule has 6 heteroatoms. The third-order valence-corrected chi connectivity index (χ3v) is 3.33. The molecule has 1 saturated heterocycles. The lowest BCUT2D eigenvalue weighted by Crippen LogP contribution is -2.37. The summed E-state index contributed by atoms with van der Waals surface area (Å²) >= 11 is 0. The second-order valence-electron chi connectivity index (χ2n) is 4.79. The number of β-amino-alcohol motifs (C(OH)–C–C–N with tert-alkyl or cyclic N) is 1. The van der Waals surface area contributed by atoms with E-state index < -0.39 is 4.92 Å². The van der Waals surface area contributed by atoms with Crippen molar-refractivity contribution in [1.29, 1.82) is 0 Å². The van der Waals surface area contributed by atoms with Crippen LogP contribution >= 0.6 is 0 Å². The largest absolute Gasteiger partial charge is 0.490 e. The number of methoxy groups -OCH3 is 1. The Labute approximate surface area is 111 Å². The molecule has 0 aromatic heterocycles. The third kappa shape index (κ3) is 3.42. The van der Waals surface area contributed by atoms with Gasteiger partial charge in [-0.05, 0) is 31.0 Å². The van der Waals surface area contributed by atoms with Crippen molar-refractivity contribution in [3.8, 4) is 5.75 Å². The van der Waals surface area contributed by atoms with Crippen LogP contribution in [0.1, 0.15) is 18.4 Å². The number of nitro groups is 1. The lowest BCUT2D eigenvalue weighted by atomic mass is 10.1. The molecule has 1 atom stereocenters. The summed E-state index contributed by atoms with van der Waals surface area (Å²) in [5, 5.41) is 20.4. The molecule has 1 aromatic rings. The topological polar surface area (TPSA) is 75.8 Å². The SMILES string of the molecule is COc1cc(CN2CCCC(O)C2)ccc1[N+](=O)[O-]. The molecule has 1 unspecified atom stereocenters. The van der Waals surface area contributed by atoms with Crippen molar-refractivity contribution in [2.75, 3.05) is 20.2 Å². The number of ether oxygens (including phenoxy) is 1. The summed E-state index contributed by atoms with van der Waals surface area (Å²) in [5.41, 5.74) is 0.932. The highest BCUT2D eigenvalue weighted by Gasteiger charge is 2.19.